The fourth-order valence-corrected chi connectivity index (χ4v) is 1.67. The van der Waals surface area contributed by atoms with Crippen LogP contribution >= 0.6 is 15.9 Å². The van der Waals surface area contributed by atoms with Crippen LogP contribution in [0.5, 0.6) is 5.75 Å². The summed E-state index contributed by atoms with van der Waals surface area (Å²) in [5.74, 6) is 1.30. The molecule has 0 fully saturated rings. The summed E-state index contributed by atoms with van der Waals surface area (Å²) in [4.78, 5) is 0. The minimum Gasteiger partial charge on any atom is -0.493 e. The number of hydrogen-bond donors (Lipinski definition) is 1. The van der Waals surface area contributed by atoms with Gasteiger partial charge in [0.2, 0.25) is 0 Å². The lowest BCUT2D eigenvalue weighted by atomic mass is 10.1. The Morgan fingerprint density at radius 2 is 2.06 bits per heavy atom. The average molecular weight is 287 g/mol. The average Bonchev–Trinajstić information content (AvgIpc) is 2.25. The van der Waals surface area contributed by atoms with Gasteiger partial charge in [-0.2, -0.15) is 0 Å². The van der Waals surface area contributed by atoms with Crippen molar-refractivity contribution in [2.24, 2.45) is 5.92 Å². The van der Waals surface area contributed by atoms with Gasteiger partial charge in [-0.15, -0.1) is 0 Å². The van der Waals surface area contributed by atoms with Crippen molar-refractivity contribution in [2.45, 2.75) is 33.3 Å². The highest BCUT2D eigenvalue weighted by Crippen LogP contribution is 2.29. The topological polar surface area (TPSA) is 29.5 Å². The molecule has 0 spiro atoms. The molecule has 0 aliphatic heterocycles. The molecule has 16 heavy (non-hydrogen) atoms. The zero-order valence-corrected chi connectivity index (χ0v) is 11.6. The minimum absolute atomic E-state index is 0.500. The second-order valence-corrected chi connectivity index (χ2v) is 5.10. The van der Waals surface area contributed by atoms with Crippen LogP contribution in [-0.4, -0.2) is 11.7 Å². The van der Waals surface area contributed by atoms with Gasteiger partial charge in [0.05, 0.1) is 12.7 Å². The fourth-order valence-electron chi connectivity index (χ4n) is 1.33. The Labute approximate surface area is 106 Å². The molecule has 0 bridgehead atoms. The van der Waals surface area contributed by atoms with Crippen LogP contribution in [0, 0.1) is 5.92 Å². The maximum Gasteiger partial charge on any atom is 0.126 e. The molecule has 1 aromatic carbocycles. The number of benzene rings is 1. The summed E-state index contributed by atoms with van der Waals surface area (Å²) >= 11 is 3.41. The van der Waals surface area contributed by atoms with Gasteiger partial charge >= 0.3 is 0 Å². The first kappa shape index (κ1) is 13.5. The Morgan fingerprint density at radius 3 is 2.62 bits per heavy atom. The first-order valence-electron chi connectivity index (χ1n) is 5.64. The summed E-state index contributed by atoms with van der Waals surface area (Å²) in [6.07, 6.45) is 0.595. The van der Waals surface area contributed by atoms with E-state index in [0.29, 0.717) is 12.5 Å². The SMILES string of the molecule is CCC(C)COc1cc(Br)ccc1C(C)O. The third-order valence-corrected chi connectivity index (χ3v) is 3.14. The van der Waals surface area contributed by atoms with Gasteiger partial charge in [0.25, 0.3) is 0 Å². The zero-order chi connectivity index (χ0) is 12.1. The van der Waals surface area contributed by atoms with Crippen molar-refractivity contribution in [3.05, 3.63) is 28.2 Å². The minimum atomic E-state index is -0.500. The molecule has 0 aliphatic carbocycles. The van der Waals surface area contributed by atoms with Gasteiger partial charge in [0.1, 0.15) is 5.75 Å². The van der Waals surface area contributed by atoms with Gasteiger partial charge in [0.15, 0.2) is 0 Å². The van der Waals surface area contributed by atoms with Crippen molar-refractivity contribution in [1.82, 2.24) is 0 Å². The molecule has 0 heterocycles. The van der Waals surface area contributed by atoms with Crippen molar-refractivity contribution < 1.29 is 9.84 Å². The van der Waals surface area contributed by atoms with E-state index < -0.39 is 6.10 Å². The highest BCUT2D eigenvalue weighted by Gasteiger charge is 2.10. The molecule has 0 saturated heterocycles. The quantitative estimate of drug-likeness (QED) is 0.889. The molecule has 1 rings (SSSR count). The highest BCUT2D eigenvalue weighted by molar-refractivity contribution is 9.10. The molecule has 3 heteroatoms. The van der Waals surface area contributed by atoms with Crippen LogP contribution in [0.25, 0.3) is 0 Å². The molecule has 90 valence electrons. The van der Waals surface area contributed by atoms with Crippen molar-refractivity contribution in [3.63, 3.8) is 0 Å². The lowest BCUT2D eigenvalue weighted by molar-refractivity contribution is 0.186. The van der Waals surface area contributed by atoms with E-state index in [1.54, 1.807) is 6.92 Å². The number of aliphatic hydroxyl groups is 1. The van der Waals surface area contributed by atoms with Crippen LogP contribution in [0.4, 0.5) is 0 Å². The molecule has 1 aromatic rings. The Hall–Kier alpha value is -0.540. The molecule has 1 N–H and O–H groups in total. The monoisotopic (exact) mass is 286 g/mol. The Bertz CT molecular complexity index is 337. The number of hydrogen-bond acceptors (Lipinski definition) is 2. The third kappa shape index (κ3) is 3.80. The van der Waals surface area contributed by atoms with Crippen LogP contribution in [0.15, 0.2) is 22.7 Å². The summed E-state index contributed by atoms with van der Waals surface area (Å²) in [6, 6.07) is 5.71. The predicted molar refractivity (Wildman–Crippen MR) is 69.7 cm³/mol. The number of halogens is 1. The van der Waals surface area contributed by atoms with E-state index in [-0.39, 0.29) is 0 Å². The van der Waals surface area contributed by atoms with Crippen LogP contribution < -0.4 is 4.74 Å². The molecule has 2 atom stereocenters. The lowest BCUT2D eigenvalue weighted by Crippen LogP contribution is -2.09. The van der Waals surface area contributed by atoms with E-state index in [1.165, 1.54) is 0 Å². The second kappa shape index (κ2) is 6.26. The van der Waals surface area contributed by atoms with Gasteiger partial charge in [-0.1, -0.05) is 42.3 Å². The number of ether oxygens (including phenoxy) is 1. The molecular formula is C13H19BrO2. The van der Waals surface area contributed by atoms with Crippen LogP contribution in [0.2, 0.25) is 0 Å². The summed E-state index contributed by atoms with van der Waals surface area (Å²) < 4.78 is 6.71. The van der Waals surface area contributed by atoms with Crippen molar-refractivity contribution >= 4 is 15.9 Å². The largest absolute Gasteiger partial charge is 0.493 e. The first-order chi connectivity index (χ1) is 7.54. The molecule has 2 unspecified atom stereocenters. The van der Waals surface area contributed by atoms with Gasteiger partial charge in [-0.3, -0.25) is 0 Å². The van der Waals surface area contributed by atoms with E-state index in [0.717, 1.165) is 22.2 Å². The van der Waals surface area contributed by atoms with E-state index in [1.807, 2.05) is 18.2 Å². The summed E-state index contributed by atoms with van der Waals surface area (Å²) in [7, 11) is 0. The maximum absolute atomic E-state index is 9.62. The molecule has 2 nitrogen and oxygen atoms in total. The van der Waals surface area contributed by atoms with Crippen LogP contribution in [0.3, 0.4) is 0 Å². The molecule has 0 aromatic heterocycles. The molecular weight excluding hydrogens is 268 g/mol. The van der Waals surface area contributed by atoms with Gasteiger partial charge in [-0.05, 0) is 25.0 Å². The molecule has 0 radical (unpaired) electrons. The Kier molecular flexibility index (Phi) is 5.29. The van der Waals surface area contributed by atoms with Gasteiger partial charge in [0, 0.05) is 10.0 Å². The summed E-state index contributed by atoms with van der Waals surface area (Å²) in [5, 5.41) is 9.62. The Balaban J connectivity index is 2.80. The predicted octanol–water partition coefficient (Wildman–Crippen LogP) is 3.93. The van der Waals surface area contributed by atoms with E-state index in [9.17, 15) is 5.11 Å². The summed E-state index contributed by atoms with van der Waals surface area (Å²) in [6.45, 7) is 6.73. The van der Waals surface area contributed by atoms with Gasteiger partial charge < -0.3 is 9.84 Å². The van der Waals surface area contributed by atoms with Crippen molar-refractivity contribution in [3.8, 4) is 5.75 Å². The van der Waals surface area contributed by atoms with E-state index in [2.05, 4.69) is 29.8 Å². The molecule has 0 aliphatic rings. The Morgan fingerprint density at radius 1 is 1.38 bits per heavy atom. The summed E-state index contributed by atoms with van der Waals surface area (Å²) in [5.41, 5.74) is 0.839. The standard InChI is InChI=1S/C13H19BrO2/c1-4-9(2)8-16-13-7-11(14)5-6-12(13)10(3)15/h5-7,9-10,15H,4,8H2,1-3H3. The number of rotatable bonds is 5. The zero-order valence-electron chi connectivity index (χ0n) is 10.0. The van der Waals surface area contributed by atoms with E-state index in [4.69, 9.17) is 4.74 Å². The third-order valence-electron chi connectivity index (χ3n) is 2.65. The first-order valence-corrected chi connectivity index (χ1v) is 6.44. The van der Waals surface area contributed by atoms with Crippen LogP contribution in [-0.2, 0) is 0 Å². The smallest absolute Gasteiger partial charge is 0.126 e. The van der Waals surface area contributed by atoms with E-state index >= 15 is 0 Å². The lowest BCUT2D eigenvalue weighted by Gasteiger charge is -2.16. The molecule has 0 amide bonds. The molecule has 0 saturated carbocycles. The van der Waals surface area contributed by atoms with Gasteiger partial charge in [-0.25, -0.2) is 0 Å². The fraction of sp³-hybridized carbons (Fsp3) is 0.538. The van der Waals surface area contributed by atoms with Crippen molar-refractivity contribution in [2.75, 3.05) is 6.61 Å². The normalized spacial score (nSPS) is 14.6. The second-order valence-electron chi connectivity index (χ2n) is 4.18. The maximum atomic E-state index is 9.62. The van der Waals surface area contributed by atoms with Crippen LogP contribution in [0.1, 0.15) is 38.9 Å². The highest BCUT2D eigenvalue weighted by atomic mass is 79.9. The van der Waals surface area contributed by atoms with Crippen molar-refractivity contribution in [1.29, 1.82) is 0 Å². The number of aliphatic hydroxyl groups excluding tert-OH is 1.